The Labute approximate surface area is 163 Å². The predicted octanol–water partition coefficient (Wildman–Crippen LogP) is 4.19. The average molecular weight is 377 g/mol. The Hall–Kier alpha value is -3.15. The van der Waals surface area contributed by atoms with E-state index in [4.69, 9.17) is 4.42 Å². The minimum atomic E-state index is -0.0653. The second-order valence-corrected chi connectivity index (χ2v) is 7.34. The molecule has 2 aromatic carbocycles. The van der Waals surface area contributed by atoms with Crippen LogP contribution >= 0.6 is 0 Å². The van der Waals surface area contributed by atoms with Crippen molar-refractivity contribution in [2.45, 2.75) is 26.7 Å². The molecule has 0 atom stereocenters. The highest BCUT2D eigenvalue weighted by atomic mass is 16.4. The molecule has 1 saturated heterocycles. The van der Waals surface area contributed by atoms with Crippen molar-refractivity contribution in [3.8, 4) is 0 Å². The van der Waals surface area contributed by atoms with Gasteiger partial charge in [-0.25, -0.2) is 0 Å². The molecule has 6 heteroatoms. The molecular formula is C22H23N3O3. The zero-order valence-corrected chi connectivity index (χ0v) is 16.1. The highest BCUT2D eigenvalue weighted by molar-refractivity contribution is 5.94. The van der Waals surface area contributed by atoms with E-state index in [1.807, 2.05) is 49.4 Å². The van der Waals surface area contributed by atoms with E-state index in [0.717, 1.165) is 42.7 Å². The average Bonchev–Trinajstić information content (AvgIpc) is 3.09. The lowest BCUT2D eigenvalue weighted by Gasteiger charge is -2.32. The number of nitrogens with one attached hydrogen (secondary N) is 1. The normalized spacial score (nSPS) is 15.0. The second kappa shape index (κ2) is 7.46. The third kappa shape index (κ3) is 3.76. The number of fused-ring (bicyclic) bond motifs is 1. The van der Waals surface area contributed by atoms with Crippen LogP contribution in [0.1, 0.15) is 35.7 Å². The number of hydrogen-bond acceptors (Lipinski definition) is 5. The standard InChI is InChI=1S/C22H23N3O3/c1-14-3-8-19-20(13-14)28-22(23-19)24-21(27)17-9-11-25(12-10-17)18-6-4-16(5-7-18)15(2)26/h3-8,13,17H,9-12H2,1-2H3,(H,23,24,27). The van der Waals surface area contributed by atoms with Gasteiger partial charge in [-0.1, -0.05) is 6.07 Å². The third-order valence-electron chi connectivity index (χ3n) is 5.28. The number of benzene rings is 2. The van der Waals surface area contributed by atoms with Crippen molar-refractivity contribution in [3.63, 3.8) is 0 Å². The van der Waals surface area contributed by atoms with Crippen LogP contribution in [0.5, 0.6) is 0 Å². The van der Waals surface area contributed by atoms with Gasteiger partial charge in [-0.05, 0) is 68.7 Å². The highest BCUT2D eigenvalue weighted by Gasteiger charge is 2.26. The van der Waals surface area contributed by atoms with Crippen molar-refractivity contribution in [1.29, 1.82) is 0 Å². The lowest BCUT2D eigenvalue weighted by Crippen LogP contribution is -2.38. The molecule has 0 spiro atoms. The molecule has 2 heterocycles. The Balaban J connectivity index is 1.36. The minimum Gasteiger partial charge on any atom is -0.423 e. The smallest absolute Gasteiger partial charge is 0.302 e. The molecule has 0 saturated carbocycles. The van der Waals surface area contributed by atoms with Gasteiger partial charge in [-0.15, -0.1) is 0 Å². The van der Waals surface area contributed by atoms with Gasteiger partial charge in [-0.2, -0.15) is 4.98 Å². The van der Waals surface area contributed by atoms with Crippen molar-refractivity contribution < 1.29 is 14.0 Å². The number of anilines is 2. The van der Waals surface area contributed by atoms with Crippen molar-refractivity contribution in [1.82, 2.24) is 4.98 Å². The number of aryl methyl sites for hydroxylation is 1. The monoisotopic (exact) mass is 377 g/mol. The van der Waals surface area contributed by atoms with Crippen LogP contribution < -0.4 is 10.2 Å². The molecule has 0 radical (unpaired) electrons. The van der Waals surface area contributed by atoms with Gasteiger partial charge in [0.1, 0.15) is 5.52 Å². The van der Waals surface area contributed by atoms with E-state index in [2.05, 4.69) is 15.2 Å². The summed E-state index contributed by atoms with van der Waals surface area (Å²) in [4.78, 5) is 30.6. The number of rotatable bonds is 4. The molecule has 0 unspecified atom stereocenters. The molecule has 1 aromatic heterocycles. The molecular weight excluding hydrogens is 354 g/mol. The van der Waals surface area contributed by atoms with E-state index in [9.17, 15) is 9.59 Å². The van der Waals surface area contributed by atoms with Crippen molar-refractivity contribution in [2.75, 3.05) is 23.3 Å². The molecule has 1 aliphatic heterocycles. The molecule has 144 valence electrons. The first kappa shape index (κ1) is 18.2. The first-order chi connectivity index (χ1) is 13.5. The number of piperidine rings is 1. The molecule has 6 nitrogen and oxygen atoms in total. The van der Waals surface area contributed by atoms with E-state index in [1.54, 1.807) is 6.92 Å². The van der Waals surface area contributed by atoms with Crippen LogP contribution in [0, 0.1) is 12.8 Å². The molecule has 28 heavy (non-hydrogen) atoms. The Kier molecular flexibility index (Phi) is 4.86. The van der Waals surface area contributed by atoms with Gasteiger partial charge < -0.3 is 9.32 Å². The first-order valence-corrected chi connectivity index (χ1v) is 9.53. The Morgan fingerprint density at radius 1 is 1.11 bits per heavy atom. The summed E-state index contributed by atoms with van der Waals surface area (Å²) < 4.78 is 5.65. The lowest BCUT2D eigenvalue weighted by molar-refractivity contribution is -0.120. The SMILES string of the molecule is CC(=O)c1ccc(N2CCC(C(=O)Nc3nc4ccc(C)cc4o3)CC2)cc1. The largest absolute Gasteiger partial charge is 0.423 e. The topological polar surface area (TPSA) is 75.4 Å². The Bertz CT molecular complexity index is 1020. The third-order valence-corrected chi connectivity index (χ3v) is 5.28. The summed E-state index contributed by atoms with van der Waals surface area (Å²) in [5.74, 6) is -0.0457. The fourth-order valence-corrected chi connectivity index (χ4v) is 3.60. The number of Topliss-reactive ketones (excluding diaryl/α,β-unsaturated/α-hetero) is 1. The van der Waals surface area contributed by atoms with E-state index in [1.165, 1.54) is 0 Å². The second-order valence-electron chi connectivity index (χ2n) is 7.34. The number of aromatic nitrogens is 1. The van der Waals surface area contributed by atoms with Gasteiger partial charge in [-0.3, -0.25) is 14.9 Å². The van der Waals surface area contributed by atoms with E-state index < -0.39 is 0 Å². The molecule has 3 aromatic rings. The molecule has 1 fully saturated rings. The first-order valence-electron chi connectivity index (χ1n) is 9.53. The van der Waals surface area contributed by atoms with Crippen LogP contribution in [0.2, 0.25) is 0 Å². The predicted molar refractivity (Wildman–Crippen MR) is 109 cm³/mol. The highest BCUT2D eigenvalue weighted by Crippen LogP contribution is 2.26. The van der Waals surface area contributed by atoms with Crippen molar-refractivity contribution >= 4 is 34.5 Å². The number of hydrogen-bond donors (Lipinski definition) is 1. The zero-order chi connectivity index (χ0) is 19.7. The van der Waals surface area contributed by atoms with E-state index in [0.29, 0.717) is 11.1 Å². The number of ketones is 1. The fourth-order valence-electron chi connectivity index (χ4n) is 3.60. The summed E-state index contributed by atoms with van der Waals surface area (Å²) in [6, 6.07) is 13.7. The van der Waals surface area contributed by atoms with Gasteiger partial charge in [0, 0.05) is 30.3 Å². The van der Waals surface area contributed by atoms with E-state index in [-0.39, 0.29) is 23.6 Å². The summed E-state index contributed by atoms with van der Waals surface area (Å²) in [5, 5.41) is 2.82. The lowest BCUT2D eigenvalue weighted by atomic mass is 9.95. The summed E-state index contributed by atoms with van der Waals surface area (Å²) in [6.07, 6.45) is 1.53. The zero-order valence-electron chi connectivity index (χ0n) is 16.1. The fraction of sp³-hybridized carbons (Fsp3) is 0.318. The molecule has 0 aliphatic carbocycles. The van der Waals surface area contributed by atoms with Crippen LogP contribution in [0.15, 0.2) is 46.9 Å². The quantitative estimate of drug-likeness (QED) is 0.690. The molecule has 1 aliphatic rings. The summed E-state index contributed by atoms with van der Waals surface area (Å²) in [6.45, 7) is 5.15. The van der Waals surface area contributed by atoms with Crippen LogP contribution in [0.25, 0.3) is 11.1 Å². The van der Waals surface area contributed by atoms with Crippen molar-refractivity contribution in [2.24, 2.45) is 5.92 Å². The maximum absolute atomic E-state index is 12.6. The summed E-state index contributed by atoms with van der Waals surface area (Å²) >= 11 is 0. The summed E-state index contributed by atoms with van der Waals surface area (Å²) in [7, 11) is 0. The number of carbonyl (C=O) groups is 2. The van der Waals surface area contributed by atoms with Crippen molar-refractivity contribution in [3.05, 3.63) is 53.6 Å². The molecule has 1 amide bonds. The number of oxazole rings is 1. The number of carbonyl (C=O) groups excluding carboxylic acids is 2. The maximum atomic E-state index is 12.6. The van der Waals surface area contributed by atoms with Crippen LogP contribution in [-0.4, -0.2) is 29.8 Å². The van der Waals surface area contributed by atoms with Gasteiger partial charge in [0.25, 0.3) is 0 Å². The van der Waals surface area contributed by atoms with Crippen LogP contribution in [-0.2, 0) is 4.79 Å². The Morgan fingerprint density at radius 2 is 1.82 bits per heavy atom. The van der Waals surface area contributed by atoms with Gasteiger partial charge in [0.15, 0.2) is 11.4 Å². The van der Waals surface area contributed by atoms with Crippen LogP contribution in [0.4, 0.5) is 11.7 Å². The van der Waals surface area contributed by atoms with Gasteiger partial charge in [0.2, 0.25) is 5.91 Å². The molecule has 1 N–H and O–H groups in total. The number of amides is 1. The maximum Gasteiger partial charge on any atom is 0.302 e. The van der Waals surface area contributed by atoms with Gasteiger partial charge >= 0.3 is 6.01 Å². The van der Waals surface area contributed by atoms with Crippen LogP contribution in [0.3, 0.4) is 0 Å². The molecule has 4 rings (SSSR count). The minimum absolute atomic E-state index is 0.0464. The summed E-state index contributed by atoms with van der Waals surface area (Å²) in [5.41, 5.74) is 4.30. The Morgan fingerprint density at radius 3 is 2.50 bits per heavy atom. The van der Waals surface area contributed by atoms with Gasteiger partial charge in [0.05, 0.1) is 0 Å². The number of nitrogens with zero attached hydrogens (tertiary/aromatic N) is 2. The molecule has 0 bridgehead atoms. The van der Waals surface area contributed by atoms with E-state index >= 15 is 0 Å².